The van der Waals surface area contributed by atoms with E-state index in [1.54, 1.807) is 12.2 Å². The number of alkyl halides is 1. The third-order valence-corrected chi connectivity index (χ3v) is 2.66. The summed E-state index contributed by atoms with van der Waals surface area (Å²) in [5, 5.41) is 0. The Bertz CT molecular complexity index is 278. The fourth-order valence-corrected chi connectivity index (χ4v) is 1.92. The van der Waals surface area contributed by atoms with Gasteiger partial charge in [-0.2, -0.15) is 0 Å². The van der Waals surface area contributed by atoms with Crippen molar-refractivity contribution in [2.24, 2.45) is 0 Å². The molecule has 2 heteroatoms. The van der Waals surface area contributed by atoms with Crippen molar-refractivity contribution in [3.8, 4) is 0 Å². The first-order chi connectivity index (χ1) is 5.73. The molecule has 12 heavy (non-hydrogen) atoms. The van der Waals surface area contributed by atoms with E-state index in [9.17, 15) is 9.18 Å². The number of ketones is 1. The molecule has 64 valence electrons. The number of hydrogen-bond donors (Lipinski definition) is 0. The molecule has 0 heterocycles. The molecule has 1 fully saturated rings. The average Bonchev–Trinajstić information content (AvgIpc) is 2.07. The summed E-state index contributed by atoms with van der Waals surface area (Å²) < 4.78 is 13.9. The van der Waals surface area contributed by atoms with Gasteiger partial charge in [0.15, 0.2) is 11.5 Å². The Hall–Kier alpha value is -0.920. The molecule has 0 aromatic carbocycles. The zero-order chi connectivity index (χ0) is 8.60. The number of rotatable bonds is 0. The predicted molar refractivity (Wildman–Crippen MR) is 44.5 cm³/mol. The van der Waals surface area contributed by atoms with Gasteiger partial charge >= 0.3 is 0 Å². The van der Waals surface area contributed by atoms with E-state index < -0.39 is 5.67 Å². The minimum atomic E-state index is -1.63. The van der Waals surface area contributed by atoms with Gasteiger partial charge in [-0.3, -0.25) is 4.79 Å². The third kappa shape index (κ3) is 0.942. The van der Waals surface area contributed by atoms with Crippen molar-refractivity contribution in [2.45, 2.75) is 31.4 Å². The van der Waals surface area contributed by atoms with E-state index in [0.717, 1.165) is 19.3 Å². The Balaban J connectivity index is 2.38. The van der Waals surface area contributed by atoms with Crippen molar-refractivity contribution in [1.82, 2.24) is 0 Å². The zero-order valence-corrected chi connectivity index (χ0v) is 6.85. The Morgan fingerprint density at radius 3 is 3.00 bits per heavy atom. The second-order valence-corrected chi connectivity index (χ2v) is 3.42. The topological polar surface area (TPSA) is 17.1 Å². The van der Waals surface area contributed by atoms with Gasteiger partial charge < -0.3 is 0 Å². The van der Waals surface area contributed by atoms with Gasteiger partial charge in [0.05, 0.1) is 0 Å². The van der Waals surface area contributed by atoms with Crippen LogP contribution in [0.5, 0.6) is 0 Å². The highest BCUT2D eigenvalue weighted by Gasteiger charge is 2.42. The molecule has 1 nitrogen and oxygen atoms in total. The number of fused-ring (bicyclic) bond motifs is 1. The number of carbonyl (C=O) groups excluding carboxylic acids is 1. The lowest BCUT2D eigenvalue weighted by Gasteiger charge is -2.31. The minimum absolute atomic E-state index is 0.361. The van der Waals surface area contributed by atoms with Gasteiger partial charge in [0.25, 0.3) is 0 Å². The van der Waals surface area contributed by atoms with Crippen LogP contribution in [0.1, 0.15) is 25.7 Å². The van der Waals surface area contributed by atoms with Gasteiger partial charge in [0.1, 0.15) is 0 Å². The van der Waals surface area contributed by atoms with E-state index >= 15 is 0 Å². The van der Waals surface area contributed by atoms with Crippen LogP contribution in [0.3, 0.4) is 0 Å². The fraction of sp³-hybridized carbons (Fsp3) is 0.500. The smallest absolute Gasteiger partial charge is 0.197 e. The summed E-state index contributed by atoms with van der Waals surface area (Å²) in [6, 6.07) is 0. The molecule has 0 aliphatic heterocycles. The van der Waals surface area contributed by atoms with Crippen LogP contribution >= 0.6 is 0 Å². The van der Waals surface area contributed by atoms with Crippen LogP contribution in [0.4, 0.5) is 4.39 Å². The van der Waals surface area contributed by atoms with E-state index in [0.29, 0.717) is 12.0 Å². The van der Waals surface area contributed by atoms with Crippen LogP contribution in [-0.2, 0) is 4.79 Å². The normalized spacial score (nSPS) is 34.4. The lowest BCUT2D eigenvalue weighted by molar-refractivity contribution is -0.124. The highest BCUT2D eigenvalue weighted by molar-refractivity contribution is 6.01. The first-order valence-corrected chi connectivity index (χ1v) is 4.34. The lowest BCUT2D eigenvalue weighted by atomic mass is 9.76. The molecule has 2 rings (SSSR count). The summed E-state index contributed by atoms with van der Waals surface area (Å²) in [7, 11) is 0. The Kier molecular flexibility index (Phi) is 1.63. The van der Waals surface area contributed by atoms with Gasteiger partial charge in [0.2, 0.25) is 0 Å². The van der Waals surface area contributed by atoms with Crippen LogP contribution in [0.25, 0.3) is 0 Å². The molecule has 0 amide bonds. The van der Waals surface area contributed by atoms with Gasteiger partial charge in [-0.1, -0.05) is 12.2 Å². The molecule has 0 spiro atoms. The van der Waals surface area contributed by atoms with E-state index in [-0.39, 0.29) is 5.78 Å². The second-order valence-electron chi connectivity index (χ2n) is 3.42. The number of carbonyl (C=O) groups is 1. The van der Waals surface area contributed by atoms with Gasteiger partial charge in [-0.05, 0) is 37.3 Å². The van der Waals surface area contributed by atoms with E-state index in [1.807, 2.05) is 0 Å². The summed E-state index contributed by atoms with van der Waals surface area (Å²) in [4.78, 5) is 11.2. The standard InChI is InChI=1S/C10H11FO/c11-10-7-2-1-4-8(10)5-3-6-9(10)12/h3,5-6H,1-2,4,7H2. The molecular weight excluding hydrogens is 155 g/mol. The number of hydrogen-bond acceptors (Lipinski definition) is 1. The van der Waals surface area contributed by atoms with Crippen molar-refractivity contribution in [3.63, 3.8) is 0 Å². The van der Waals surface area contributed by atoms with Crippen LogP contribution < -0.4 is 0 Å². The SMILES string of the molecule is O=C1C=CC=C2CCCCC12F. The molecular formula is C10H11FO. The lowest BCUT2D eigenvalue weighted by Crippen LogP contribution is -2.38. The summed E-state index contributed by atoms with van der Waals surface area (Å²) in [5.74, 6) is -0.361. The molecule has 0 aromatic rings. The highest BCUT2D eigenvalue weighted by atomic mass is 19.1. The first-order valence-electron chi connectivity index (χ1n) is 4.34. The Morgan fingerprint density at radius 1 is 1.42 bits per heavy atom. The molecule has 0 N–H and O–H groups in total. The molecule has 2 aliphatic carbocycles. The van der Waals surface area contributed by atoms with Crippen molar-refractivity contribution in [1.29, 1.82) is 0 Å². The molecule has 1 atom stereocenters. The quantitative estimate of drug-likeness (QED) is 0.539. The van der Waals surface area contributed by atoms with Gasteiger partial charge in [-0.15, -0.1) is 0 Å². The molecule has 0 bridgehead atoms. The Morgan fingerprint density at radius 2 is 2.25 bits per heavy atom. The van der Waals surface area contributed by atoms with E-state index in [2.05, 4.69) is 0 Å². The molecule has 0 radical (unpaired) electrons. The maximum atomic E-state index is 13.9. The fourth-order valence-electron chi connectivity index (χ4n) is 1.92. The highest BCUT2D eigenvalue weighted by Crippen LogP contribution is 2.39. The van der Waals surface area contributed by atoms with E-state index in [1.165, 1.54) is 6.08 Å². The predicted octanol–water partition coefficient (Wildman–Crippen LogP) is 2.33. The third-order valence-electron chi connectivity index (χ3n) is 2.66. The molecule has 2 aliphatic rings. The Labute approximate surface area is 71.0 Å². The monoisotopic (exact) mass is 166 g/mol. The number of allylic oxidation sites excluding steroid dienone is 4. The minimum Gasteiger partial charge on any atom is -0.291 e. The number of halogens is 1. The maximum Gasteiger partial charge on any atom is 0.197 e. The van der Waals surface area contributed by atoms with E-state index in [4.69, 9.17) is 0 Å². The summed E-state index contributed by atoms with van der Waals surface area (Å²) >= 11 is 0. The second kappa shape index (κ2) is 2.54. The maximum absolute atomic E-state index is 13.9. The van der Waals surface area contributed by atoms with Crippen molar-refractivity contribution < 1.29 is 9.18 Å². The molecule has 1 saturated carbocycles. The van der Waals surface area contributed by atoms with Crippen LogP contribution in [-0.4, -0.2) is 11.5 Å². The molecule has 0 saturated heterocycles. The molecule has 1 unspecified atom stereocenters. The van der Waals surface area contributed by atoms with Crippen LogP contribution in [0, 0.1) is 0 Å². The first kappa shape index (κ1) is 7.71. The summed E-state index contributed by atoms with van der Waals surface area (Å²) in [5.41, 5.74) is -0.950. The summed E-state index contributed by atoms with van der Waals surface area (Å²) in [6.07, 6.45) is 7.71. The van der Waals surface area contributed by atoms with Gasteiger partial charge in [-0.25, -0.2) is 4.39 Å². The largest absolute Gasteiger partial charge is 0.291 e. The summed E-state index contributed by atoms with van der Waals surface area (Å²) in [6.45, 7) is 0. The zero-order valence-electron chi connectivity index (χ0n) is 6.85. The van der Waals surface area contributed by atoms with Crippen molar-refractivity contribution in [2.75, 3.05) is 0 Å². The average molecular weight is 166 g/mol. The molecule has 0 aromatic heterocycles. The van der Waals surface area contributed by atoms with Gasteiger partial charge in [0, 0.05) is 0 Å². The van der Waals surface area contributed by atoms with Crippen LogP contribution in [0.15, 0.2) is 23.8 Å². The van der Waals surface area contributed by atoms with Crippen LogP contribution in [0.2, 0.25) is 0 Å². The van der Waals surface area contributed by atoms with Crippen molar-refractivity contribution in [3.05, 3.63) is 23.8 Å². The van der Waals surface area contributed by atoms with Crippen molar-refractivity contribution >= 4 is 5.78 Å².